The molecule has 4 nitrogen and oxygen atoms in total. The largest absolute Gasteiger partial charge is 0.378 e. The Labute approximate surface area is 91.5 Å². The van der Waals surface area contributed by atoms with Crippen molar-refractivity contribution < 1.29 is 9.53 Å². The number of nitrogens with one attached hydrogen (secondary N) is 1. The molecule has 1 unspecified atom stereocenters. The lowest BCUT2D eigenvalue weighted by Crippen LogP contribution is -2.42. The molecule has 4 heteroatoms. The lowest BCUT2D eigenvalue weighted by molar-refractivity contribution is -0.120. The van der Waals surface area contributed by atoms with Crippen molar-refractivity contribution >= 4 is 5.91 Å². The quantitative estimate of drug-likeness (QED) is 0.659. The van der Waals surface area contributed by atoms with Crippen LogP contribution in [0.25, 0.3) is 0 Å². The van der Waals surface area contributed by atoms with Crippen molar-refractivity contribution in [1.82, 2.24) is 5.32 Å². The summed E-state index contributed by atoms with van der Waals surface area (Å²) in [6, 6.07) is -0.239. The summed E-state index contributed by atoms with van der Waals surface area (Å²) in [5, 5.41) is 3.05. The van der Waals surface area contributed by atoms with Crippen LogP contribution in [0.4, 0.5) is 0 Å². The van der Waals surface area contributed by atoms with Gasteiger partial charge in [0.05, 0.1) is 12.1 Å². The molecule has 1 fully saturated rings. The highest BCUT2D eigenvalue weighted by atomic mass is 16.5. The van der Waals surface area contributed by atoms with Gasteiger partial charge in [-0.15, -0.1) is 0 Å². The van der Waals surface area contributed by atoms with Gasteiger partial charge < -0.3 is 15.8 Å². The van der Waals surface area contributed by atoms with E-state index in [2.05, 4.69) is 5.32 Å². The van der Waals surface area contributed by atoms with Crippen LogP contribution in [0.1, 0.15) is 39.0 Å². The highest BCUT2D eigenvalue weighted by Gasteiger charge is 2.17. The smallest absolute Gasteiger partial charge is 0.234 e. The average Bonchev–Trinajstić information content (AvgIpc) is 2.69. The third-order valence-electron chi connectivity index (χ3n) is 2.86. The zero-order chi connectivity index (χ0) is 11.1. The van der Waals surface area contributed by atoms with Crippen LogP contribution < -0.4 is 11.1 Å². The number of carbonyl (C=O) groups is 1. The first-order chi connectivity index (χ1) is 7.24. The first-order valence-corrected chi connectivity index (χ1v) is 5.88. The highest BCUT2D eigenvalue weighted by Crippen LogP contribution is 2.20. The molecule has 1 saturated carbocycles. The number of rotatable bonds is 7. The molecule has 1 rings (SSSR count). The number of likely N-dealkylation sites (N-methyl/N-ethyl adjacent to an activating group) is 1. The van der Waals surface area contributed by atoms with Crippen molar-refractivity contribution in [3.63, 3.8) is 0 Å². The second-order valence-corrected chi connectivity index (χ2v) is 4.08. The zero-order valence-electron chi connectivity index (χ0n) is 9.50. The van der Waals surface area contributed by atoms with Crippen LogP contribution in [-0.2, 0) is 9.53 Å². The molecule has 0 aromatic rings. The number of amides is 1. The Morgan fingerprint density at radius 3 is 2.73 bits per heavy atom. The summed E-state index contributed by atoms with van der Waals surface area (Å²) in [5.41, 5.74) is 5.26. The van der Waals surface area contributed by atoms with Gasteiger partial charge in [-0.3, -0.25) is 4.79 Å². The fraction of sp³-hybridized carbons (Fsp3) is 0.909. The fourth-order valence-electron chi connectivity index (χ4n) is 2.00. The van der Waals surface area contributed by atoms with Gasteiger partial charge in [0.25, 0.3) is 0 Å². The molecule has 0 saturated heterocycles. The van der Waals surface area contributed by atoms with E-state index < -0.39 is 0 Å². The predicted molar refractivity (Wildman–Crippen MR) is 59.5 cm³/mol. The molecule has 1 aliphatic rings. The maximum absolute atomic E-state index is 11.0. The van der Waals surface area contributed by atoms with Gasteiger partial charge in [-0.2, -0.15) is 0 Å². The lowest BCUT2D eigenvalue weighted by atomic mass is 10.2. The summed E-state index contributed by atoms with van der Waals surface area (Å²) >= 11 is 0. The normalized spacial score (nSPS) is 19.3. The molecule has 0 radical (unpaired) electrons. The summed E-state index contributed by atoms with van der Waals surface area (Å²) in [4.78, 5) is 11.0. The number of nitrogens with two attached hydrogens (primary N) is 1. The SMILES string of the molecule is CCNC(CCOC1CCCC1)C(N)=O. The van der Waals surface area contributed by atoms with Crippen molar-refractivity contribution in [2.45, 2.75) is 51.2 Å². The average molecular weight is 214 g/mol. The standard InChI is InChI=1S/C11H22N2O2/c1-2-13-10(11(12)14)7-8-15-9-5-3-4-6-9/h9-10,13H,2-8H2,1H3,(H2,12,14). The Kier molecular flexibility index (Phi) is 5.65. The van der Waals surface area contributed by atoms with E-state index in [9.17, 15) is 4.79 Å². The number of hydrogen-bond donors (Lipinski definition) is 2. The van der Waals surface area contributed by atoms with E-state index in [4.69, 9.17) is 10.5 Å². The first-order valence-electron chi connectivity index (χ1n) is 5.88. The zero-order valence-corrected chi connectivity index (χ0v) is 9.50. The van der Waals surface area contributed by atoms with E-state index in [1.807, 2.05) is 6.92 Å². The molecule has 1 amide bonds. The molecule has 3 N–H and O–H groups in total. The van der Waals surface area contributed by atoms with Crippen molar-refractivity contribution in [1.29, 1.82) is 0 Å². The van der Waals surface area contributed by atoms with Crippen LogP contribution in [0.2, 0.25) is 0 Å². The summed E-state index contributed by atoms with van der Waals surface area (Å²) < 4.78 is 5.68. The van der Waals surface area contributed by atoms with Crippen LogP contribution in [-0.4, -0.2) is 31.2 Å². The van der Waals surface area contributed by atoms with Gasteiger partial charge in [-0.1, -0.05) is 19.8 Å². The van der Waals surface area contributed by atoms with Crippen molar-refractivity contribution in [2.75, 3.05) is 13.2 Å². The van der Waals surface area contributed by atoms with Crippen LogP contribution in [0.3, 0.4) is 0 Å². The van der Waals surface area contributed by atoms with E-state index in [1.165, 1.54) is 25.7 Å². The van der Waals surface area contributed by atoms with Crippen LogP contribution in [0.5, 0.6) is 0 Å². The Bertz CT molecular complexity index is 191. The Balaban J connectivity index is 2.12. The van der Waals surface area contributed by atoms with E-state index in [0.717, 1.165) is 6.54 Å². The number of primary amides is 1. The second kappa shape index (κ2) is 6.80. The van der Waals surface area contributed by atoms with E-state index >= 15 is 0 Å². The van der Waals surface area contributed by atoms with Gasteiger partial charge in [0.15, 0.2) is 0 Å². The molecule has 0 spiro atoms. The van der Waals surface area contributed by atoms with Gasteiger partial charge in [0.2, 0.25) is 5.91 Å². The van der Waals surface area contributed by atoms with Crippen LogP contribution in [0.15, 0.2) is 0 Å². The molecule has 1 aliphatic carbocycles. The van der Waals surface area contributed by atoms with Crippen LogP contribution >= 0.6 is 0 Å². The minimum absolute atomic E-state index is 0.239. The molecular weight excluding hydrogens is 192 g/mol. The van der Waals surface area contributed by atoms with Crippen molar-refractivity contribution in [2.24, 2.45) is 5.73 Å². The van der Waals surface area contributed by atoms with Gasteiger partial charge >= 0.3 is 0 Å². The lowest BCUT2D eigenvalue weighted by Gasteiger charge is -2.16. The summed E-state index contributed by atoms with van der Waals surface area (Å²) in [6.45, 7) is 3.36. The topological polar surface area (TPSA) is 64.3 Å². The first kappa shape index (κ1) is 12.5. The van der Waals surface area contributed by atoms with E-state index in [-0.39, 0.29) is 11.9 Å². The molecular formula is C11H22N2O2. The Morgan fingerprint density at radius 1 is 1.53 bits per heavy atom. The third-order valence-corrected chi connectivity index (χ3v) is 2.86. The Morgan fingerprint density at radius 2 is 2.20 bits per heavy atom. The molecule has 0 heterocycles. The summed E-state index contributed by atoms with van der Waals surface area (Å²) in [7, 11) is 0. The van der Waals surface area contributed by atoms with E-state index in [0.29, 0.717) is 19.1 Å². The maximum Gasteiger partial charge on any atom is 0.234 e. The number of ether oxygens (including phenoxy) is 1. The third kappa shape index (κ3) is 4.62. The minimum Gasteiger partial charge on any atom is -0.378 e. The fourth-order valence-corrected chi connectivity index (χ4v) is 2.00. The molecule has 1 atom stereocenters. The van der Waals surface area contributed by atoms with Gasteiger partial charge in [0.1, 0.15) is 0 Å². The molecule has 0 aliphatic heterocycles. The predicted octanol–water partition coefficient (Wildman–Crippen LogP) is 0.799. The summed E-state index contributed by atoms with van der Waals surface area (Å²) in [6.07, 6.45) is 5.99. The minimum atomic E-state index is -0.285. The number of carbonyl (C=O) groups excluding carboxylic acids is 1. The molecule has 0 aromatic heterocycles. The van der Waals surface area contributed by atoms with E-state index in [1.54, 1.807) is 0 Å². The van der Waals surface area contributed by atoms with Gasteiger partial charge in [0, 0.05) is 6.61 Å². The Hall–Kier alpha value is -0.610. The molecule has 15 heavy (non-hydrogen) atoms. The maximum atomic E-state index is 11.0. The second-order valence-electron chi connectivity index (χ2n) is 4.08. The van der Waals surface area contributed by atoms with Gasteiger partial charge in [-0.25, -0.2) is 0 Å². The molecule has 0 aromatic carbocycles. The molecule has 88 valence electrons. The molecule has 0 bridgehead atoms. The monoisotopic (exact) mass is 214 g/mol. The number of hydrogen-bond acceptors (Lipinski definition) is 3. The van der Waals surface area contributed by atoms with Crippen LogP contribution in [0, 0.1) is 0 Å². The summed E-state index contributed by atoms with van der Waals surface area (Å²) in [5.74, 6) is -0.285. The highest BCUT2D eigenvalue weighted by molar-refractivity contribution is 5.79. The van der Waals surface area contributed by atoms with Crippen molar-refractivity contribution in [3.8, 4) is 0 Å². The van der Waals surface area contributed by atoms with Gasteiger partial charge in [-0.05, 0) is 25.8 Å². The van der Waals surface area contributed by atoms with Crippen molar-refractivity contribution in [3.05, 3.63) is 0 Å².